The fourth-order valence-corrected chi connectivity index (χ4v) is 3.63. The van der Waals surface area contributed by atoms with Gasteiger partial charge in [0.25, 0.3) is 0 Å². The summed E-state index contributed by atoms with van der Waals surface area (Å²) in [7, 11) is -0.831. The predicted octanol–water partition coefficient (Wildman–Crippen LogP) is 5.74. The molecule has 0 aliphatic carbocycles. The molecule has 166 valence electrons. The van der Waals surface area contributed by atoms with Gasteiger partial charge in [-0.2, -0.15) is 22.8 Å². The second-order valence-corrected chi connectivity index (χ2v) is 8.16. The smallest absolute Gasteiger partial charge is 0.324 e. The molecule has 3 rings (SSSR count). The first-order chi connectivity index (χ1) is 15.1. The Labute approximate surface area is 180 Å². The maximum absolute atomic E-state index is 14.2. The van der Waals surface area contributed by atoms with Crippen LogP contribution in [0.25, 0.3) is 11.3 Å². The van der Waals surface area contributed by atoms with Gasteiger partial charge in [0.15, 0.2) is 5.82 Å². The summed E-state index contributed by atoms with van der Waals surface area (Å²) in [4.78, 5) is 7.52. The number of hydrogen-bond acceptors (Lipinski definition) is 5. The number of nitrogens with one attached hydrogen (secondary N) is 1. The van der Waals surface area contributed by atoms with Crippen molar-refractivity contribution in [3.8, 4) is 17.5 Å². The van der Waals surface area contributed by atoms with E-state index in [4.69, 9.17) is 5.26 Å². The number of rotatable bonds is 5. The van der Waals surface area contributed by atoms with Crippen LogP contribution in [0, 0.1) is 28.9 Å². The summed E-state index contributed by atoms with van der Waals surface area (Å²) >= 11 is 0. The number of benzene rings is 2. The normalized spacial score (nSPS) is 12.4. The lowest BCUT2D eigenvalue weighted by Crippen LogP contribution is -2.08. The van der Waals surface area contributed by atoms with Crippen LogP contribution in [0.5, 0.6) is 0 Å². The van der Waals surface area contributed by atoms with E-state index in [0.29, 0.717) is 6.07 Å². The summed E-state index contributed by atoms with van der Waals surface area (Å²) in [6.07, 6.45) is -0.724. The Bertz CT molecular complexity index is 1240. The molecule has 1 heterocycles. The van der Waals surface area contributed by atoms with Gasteiger partial charge in [-0.3, -0.25) is 0 Å². The van der Waals surface area contributed by atoms with Gasteiger partial charge in [-0.25, -0.2) is 23.1 Å². The van der Waals surface area contributed by atoms with E-state index >= 15 is 0 Å². The number of nitrogens with zero attached hydrogens (tertiary/aromatic N) is 4. The first-order valence-electron chi connectivity index (χ1n) is 8.75. The minimum atomic E-state index is -4.66. The van der Waals surface area contributed by atoms with Crippen LogP contribution in [0.1, 0.15) is 11.1 Å². The second-order valence-electron chi connectivity index (χ2n) is 6.49. The van der Waals surface area contributed by atoms with E-state index in [-0.39, 0.29) is 28.5 Å². The highest BCUT2D eigenvalue weighted by Crippen LogP contribution is 2.33. The predicted molar refractivity (Wildman–Crippen MR) is 107 cm³/mol. The van der Waals surface area contributed by atoms with Gasteiger partial charge < -0.3 is 5.32 Å². The number of hydrogen-bond donors (Lipinski definition) is 1. The Morgan fingerprint density at radius 2 is 1.84 bits per heavy atom. The lowest BCUT2D eigenvalue weighted by Gasteiger charge is -2.14. The van der Waals surface area contributed by atoms with Crippen LogP contribution in [-0.2, 0) is 22.6 Å². The zero-order valence-corrected chi connectivity index (χ0v) is 17.0. The molecule has 1 aromatic heterocycles. The van der Waals surface area contributed by atoms with Crippen molar-refractivity contribution >= 4 is 22.3 Å². The van der Waals surface area contributed by atoms with Crippen molar-refractivity contribution in [2.45, 2.75) is 11.9 Å². The van der Waals surface area contributed by atoms with Gasteiger partial charge in [-0.1, -0.05) is 10.7 Å². The van der Waals surface area contributed by atoms with Gasteiger partial charge in [0, 0.05) is 23.1 Å². The first-order valence-corrected chi connectivity index (χ1v) is 10.5. The number of nitriles is 1. The van der Waals surface area contributed by atoms with Gasteiger partial charge in [-0.15, -0.1) is 0 Å². The molecule has 32 heavy (non-hydrogen) atoms. The molecule has 0 aliphatic heterocycles. The molecule has 0 amide bonds. The zero-order valence-electron chi connectivity index (χ0n) is 16.2. The van der Waals surface area contributed by atoms with Crippen molar-refractivity contribution < 1.29 is 26.3 Å². The molecule has 1 atom stereocenters. The number of anilines is 2. The van der Waals surface area contributed by atoms with Crippen molar-refractivity contribution in [3.63, 3.8) is 0 Å². The molecule has 0 aliphatic rings. The van der Waals surface area contributed by atoms with E-state index in [1.165, 1.54) is 6.07 Å². The Balaban J connectivity index is 2.01. The Kier molecular flexibility index (Phi) is 6.78. The quantitative estimate of drug-likeness (QED) is 0.382. The molecule has 5 nitrogen and oxygen atoms in total. The van der Waals surface area contributed by atoms with E-state index in [9.17, 15) is 26.3 Å². The minimum Gasteiger partial charge on any atom is -0.324 e. The van der Waals surface area contributed by atoms with Crippen LogP contribution in [0.2, 0.25) is 0 Å². The van der Waals surface area contributed by atoms with Crippen LogP contribution in [0.4, 0.5) is 38.0 Å². The second kappa shape index (κ2) is 9.35. The van der Waals surface area contributed by atoms with Crippen molar-refractivity contribution in [1.29, 1.82) is 5.26 Å². The van der Waals surface area contributed by atoms with Crippen LogP contribution < -0.4 is 5.32 Å². The average molecular weight is 469 g/mol. The summed E-state index contributed by atoms with van der Waals surface area (Å²) in [5.74, 6) is -3.14. The zero-order chi connectivity index (χ0) is 23.5. The third-order valence-corrected chi connectivity index (χ3v) is 5.22. The molecular weight excluding hydrogens is 456 g/mol. The highest BCUT2D eigenvalue weighted by atomic mass is 32.2. The molecule has 1 unspecified atom stereocenters. The number of halogens is 6. The molecule has 0 saturated carbocycles. The lowest BCUT2D eigenvalue weighted by molar-refractivity contribution is -0.137. The fraction of sp³-hybridized carbons (Fsp3) is 0.150. The highest BCUT2D eigenvalue weighted by Gasteiger charge is 2.31. The Hall–Kier alpha value is -3.46. The monoisotopic (exact) mass is 469 g/mol. The standard InChI is InChI=1S/C20H13F6N5S/c1-32(29-10-27)9-11-4-12(20(24,25)26)6-14(5-11)30-19-28-8-17(23)18(31-19)15-3-2-13(21)7-16(15)22/h2-8H,9H2,1H3,(H,28,30,31). The average Bonchev–Trinajstić information content (AvgIpc) is 2.69. The summed E-state index contributed by atoms with van der Waals surface area (Å²) < 4.78 is 85.0. The van der Waals surface area contributed by atoms with E-state index < -0.39 is 45.6 Å². The van der Waals surface area contributed by atoms with Gasteiger partial charge >= 0.3 is 6.18 Å². The highest BCUT2D eigenvalue weighted by molar-refractivity contribution is 7.85. The summed E-state index contributed by atoms with van der Waals surface area (Å²) in [5.41, 5.74) is -1.60. The molecule has 12 heteroatoms. The van der Waals surface area contributed by atoms with E-state index in [1.54, 1.807) is 12.4 Å². The van der Waals surface area contributed by atoms with E-state index in [0.717, 1.165) is 30.5 Å². The van der Waals surface area contributed by atoms with Crippen molar-refractivity contribution in [3.05, 3.63) is 71.2 Å². The maximum atomic E-state index is 14.2. The first kappa shape index (κ1) is 23.2. The molecule has 0 saturated heterocycles. The number of aromatic nitrogens is 2. The molecule has 0 spiro atoms. The molecule has 0 radical (unpaired) electrons. The molecule has 2 aromatic carbocycles. The van der Waals surface area contributed by atoms with E-state index in [1.807, 2.05) is 0 Å². The number of alkyl halides is 3. The van der Waals surface area contributed by atoms with Gasteiger partial charge in [0.05, 0.1) is 11.8 Å². The van der Waals surface area contributed by atoms with Gasteiger partial charge in [-0.05, 0) is 42.2 Å². The topological polar surface area (TPSA) is 74.0 Å². The molecule has 1 N–H and O–H groups in total. The maximum Gasteiger partial charge on any atom is 0.416 e. The van der Waals surface area contributed by atoms with Crippen LogP contribution in [-0.4, -0.2) is 16.2 Å². The fourth-order valence-electron chi connectivity index (χ4n) is 2.78. The minimum absolute atomic E-state index is 0.0547. The third kappa shape index (κ3) is 5.61. The molecule has 0 bridgehead atoms. The van der Waals surface area contributed by atoms with Crippen molar-refractivity contribution in [2.75, 3.05) is 11.6 Å². The van der Waals surface area contributed by atoms with Gasteiger partial charge in [0.2, 0.25) is 12.1 Å². The SMILES string of the molecule is C/S(Cc1cc(Nc2ncc(F)c(-c3ccc(F)cc3F)n2)cc(C(F)(F)F)c1)=N/C#N. The van der Waals surface area contributed by atoms with Gasteiger partial charge in [0.1, 0.15) is 17.3 Å². The summed E-state index contributed by atoms with van der Waals surface area (Å²) in [6.45, 7) is 0. The molecule has 0 fully saturated rings. The van der Waals surface area contributed by atoms with Crippen LogP contribution >= 0.6 is 0 Å². The largest absolute Gasteiger partial charge is 0.416 e. The van der Waals surface area contributed by atoms with Crippen molar-refractivity contribution in [2.24, 2.45) is 4.36 Å². The van der Waals surface area contributed by atoms with E-state index in [2.05, 4.69) is 19.6 Å². The van der Waals surface area contributed by atoms with Crippen molar-refractivity contribution in [1.82, 2.24) is 9.97 Å². The summed E-state index contributed by atoms with van der Waals surface area (Å²) in [5, 5.41) is 11.2. The lowest BCUT2D eigenvalue weighted by atomic mass is 10.1. The third-order valence-electron chi connectivity index (χ3n) is 4.08. The van der Waals surface area contributed by atoms with Crippen LogP contribution in [0.3, 0.4) is 0 Å². The molecule has 3 aromatic rings. The Morgan fingerprint density at radius 3 is 2.50 bits per heavy atom. The Morgan fingerprint density at radius 1 is 1.09 bits per heavy atom. The van der Waals surface area contributed by atoms with Crippen LogP contribution in [0.15, 0.2) is 47.0 Å². The molecular formula is C20H13F6N5S. The summed E-state index contributed by atoms with van der Waals surface area (Å²) in [6, 6.07) is 5.59.